The molecule has 0 radical (unpaired) electrons. The maximum Gasteiger partial charge on any atom is 0.225 e. The minimum Gasteiger partial charge on any atom is -0.396 e. The van der Waals surface area contributed by atoms with Crippen molar-refractivity contribution < 1.29 is 9.90 Å². The number of anilines is 1. The van der Waals surface area contributed by atoms with Gasteiger partial charge in [-0.3, -0.25) is 4.79 Å². The molecule has 17 heavy (non-hydrogen) atoms. The average molecular weight is 236 g/mol. The van der Waals surface area contributed by atoms with Crippen molar-refractivity contribution in [2.24, 2.45) is 0 Å². The fourth-order valence-corrected chi connectivity index (χ4v) is 1.55. The molecule has 0 bridgehead atoms. The van der Waals surface area contributed by atoms with Crippen molar-refractivity contribution in [1.29, 1.82) is 0 Å². The van der Waals surface area contributed by atoms with Crippen molar-refractivity contribution >= 4 is 11.6 Å². The predicted molar refractivity (Wildman–Crippen MR) is 69.0 cm³/mol. The number of aryl methyl sites for hydroxylation is 1. The molecule has 1 rings (SSSR count). The van der Waals surface area contributed by atoms with E-state index in [1.165, 1.54) is 0 Å². The third kappa shape index (κ3) is 5.47. The van der Waals surface area contributed by atoms with Gasteiger partial charge in [0.15, 0.2) is 0 Å². The molecule has 4 nitrogen and oxygen atoms in total. The molecule has 0 saturated heterocycles. The smallest absolute Gasteiger partial charge is 0.225 e. The van der Waals surface area contributed by atoms with Gasteiger partial charge in [-0.1, -0.05) is 12.1 Å². The number of carbonyl (C=O) groups is 1. The number of rotatable bonds is 7. The van der Waals surface area contributed by atoms with Gasteiger partial charge in [0.2, 0.25) is 5.91 Å². The molecule has 0 saturated carbocycles. The fourth-order valence-electron chi connectivity index (χ4n) is 1.55. The molecule has 1 amide bonds. The van der Waals surface area contributed by atoms with Gasteiger partial charge in [0.05, 0.1) is 0 Å². The van der Waals surface area contributed by atoms with Gasteiger partial charge in [-0.25, -0.2) is 0 Å². The van der Waals surface area contributed by atoms with E-state index in [1.54, 1.807) is 0 Å². The topological polar surface area (TPSA) is 61.4 Å². The average Bonchev–Trinajstić information content (AvgIpc) is 2.34. The van der Waals surface area contributed by atoms with E-state index in [0.717, 1.165) is 24.1 Å². The number of aliphatic hydroxyl groups is 1. The molecular weight excluding hydrogens is 216 g/mol. The van der Waals surface area contributed by atoms with Gasteiger partial charge in [-0.05, 0) is 37.6 Å². The number of nitrogens with one attached hydrogen (secondary N) is 2. The highest BCUT2D eigenvalue weighted by atomic mass is 16.2. The molecule has 0 unspecified atom stereocenters. The van der Waals surface area contributed by atoms with Crippen LogP contribution in [0.15, 0.2) is 24.3 Å². The normalized spacial score (nSPS) is 10.2. The van der Waals surface area contributed by atoms with E-state index in [4.69, 9.17) is 5.11 Å². The second kappa shape index (κ2) is 7.81. The second-order valence-electron chi connectivity index (χ2n) is 3.93. The van der Waals surface area contributed by atoms with Gasteiger partial charge in [0.25, 0.3) is 0 Å². The Morgan fingerprint density at radius 2 is 2.24 bits per heavy atom. The molecule has 0 aliphatic carbocycles. The molecule has 4 heteroatoms. The van der Waals surface area contributed by atoms with Crippen molar-refractivity contribution in [3.8, 4) is 0 Å². The molecule has 0 aliphatic heterocycles. The van der Waals surface area contributed by atoms with Crippen molar-refractivity contribution in [3.63, 3.8) is 0 Å². The van der Waals surface area contributed by atoms with Gasteiger partial charge in [0, 0.05) is 25.3 Å². The van der Waals surface area contributed by atoms with Gasteiger partial charge in [-0.2, -0.15) is 0 Å². The van der Waals surface area contributed by atoms with E-state index in [1.807, 2.05) is 31.3 Å². The largest absolute Gasteiger partial charge is 0.396 e. The Morgan fingerprint density at radius 3 is 2.94 bits per heavy atom. The fraction of sp³-hybridized carbons (Fsp3) is 0.462. The summed E-state index contributed by atoms with van der Waals surface area (Å²) in [7, 11) is 1.82. The summed E-state index contributed by atoms with van der Waals surface area (Å²) >= 11 is 0. The third-order valence-corrected chi connectivity index (χ3v) is 2.44. The predicted octanol–water partition coefficient (Wildman–Crippen LogP) is 1.16. The number of benzene rings is 1. The van der Waals surface area contributed by atoms with Crippen molar-refractivity contribution in [2.45, 2.75) is 19.3 Å². The zero-order valence-electron chi connectivity index (χ0n) is 10.2. The van der Waals surface area contributed by atoms with Crippen LogP contribution >= 0.6 is 0 Å². The van der Waals surface area contributed by atoms with Crippen LogP contribution in [0.5, 0.6) is 0 Å². The van der Waals surface area contributed by atoms with Gasteiger partial charge in [-0.15, -0.1) is 0 Å². The highest BCUT2D eigenvalue weighted by molar-refractivity contribution is 5.90. The summed E-state index contributed by atoms with van der Waals surface area (Å²) < 4.78 is 0. The van der Waals surface area contributed by atoms with E-state index in [9.17, 15) is 4.79 Å². The van der Waals surface area contributed by atoms with E-state index < -0.39 is 0 Å². The Hall–Kier alpha value is -1.39. The Labute approximate surface area is 102 Å². The van der Waals surface area contributed by atoms with Crippen LogP contribution < -0.4 is 10.6 Å². The number of amides is 1. The monoisotopic (exact) mass is 236 g/mol. The first-order chi connectivity index (χ1) is 8.26. The molecule has 0 heterocycles. The summed E-state index contributed by atoms with van der Waals surface area (Å²) in [5.74, 6) is 0.0126. The Bertz CT molecular complexity index is 353. The number of aliphatic hydroxyl groups excluding tert-OH is 1. The number of hydrogen-bond acceptors (Lipinski definition) is 3. The van der Waals surface area contributed by atoms with Gasteiger partial charge < -0.3 is 15.7 Å². The van der Waals surface area contributed by atoms with Crippen LogP contribution in [0, 0.1) is 0 Å². The number of carbonyl (C=O) groups excluding carboxylic acids is 1. The van der Waals surface area contributed by atoms with Crippen LogP contribution in [0.4, 0.5) is 5.69 Å². The molecule has 1 aromatic rings. The molecule has 94 valence electrons. The first-order valence-corrected chi connectivity index (χ1v) is 5.90. The standard InChI is InChI=1S/C13H20N2O2/c1-14-8-7-13(17)15-12-6-2-4-11(10-12)5-3-9-16/h2,4,6,10,14,16H,3,5,7-9H2,1H3,(H,15,17). The first-order valence-electron chi connectivity index (χ1n) is 5.90. The van der Waals surface area contributed by atoms with Crippen LogP contribution in [0.25, 0.3) is 0 Å². The quantitative estimate of drug-likeness (QED) is 0.665. The highest BCUT2D eigenvalue weighted by Crippen LogP contribution is 2.12. The molecule has 3 N–H and O–H groups in total. The number of hydrogen-bond donors (Lipinski definition) is 3. The van der Waals surface area contributed by atoms with Crippen LogP contribution in [-0.4, -0.2) is 31.2 Å². The summed E-state index contributed by atoms with van der Waals surface area (Å²) in [6.07, 6.45) is 2.05. The van der Waals surface area contributed by atoms with Crippen LogP contribution in [0.3, 0.4) is 0 Å². The summed E-state index contributed by atoms with van der Waals surface area (Å²) in [5, 5.41) is 14.5. The lowest BCUT2D eigenvalue weighted by atomic mass is 10.1. The Balaban J connectivity index is 2.50. The lowest BCUT2D eigenvalue weighted by Gasteiger charge is -2.07. The summed E-state index contributed by atoms with van der Waals surface area (Å²) in [4.78, 5) is 11.5. The Kier molecular flexibility index (Phi) is 6.29. The first kappa shape index (κ1) is 13.7. The summed E-state index contributed by atoms with van der Waals surface area (Å²) in [6.45, 7) is 0.870. The highest BCUT2D eigenvalue weighted by Gasteiger charge is 2.02. The minimum absolute atomic E-state index is 0.0126. The van der Waals surface area contributed by atoms with Crippen LogP contribution in [0.2, 0.25) is 0 Å². The molecule has 0 aliphatic rings. The minimum atomic E-state index is 0.0126. The molecule has 0 atom stereocenters. The van der Waals surface area contributed by atoms with Crippen LogP contribution in [0.1, 0.15) is 18.4 Å². The molecule has 0 aromatic heterocycles. The van der Waals surface area contributed by atoms with E-state index in [2.05, 4.69) is 10.6 Å². The lowest BCUT2D eigenvalue weighted by molar-refractivity contribution is -0.116. The van der Waals surface area contributed by atoms with Gasteiger partial charge >= 0.3 is 0 Å². The summed E-state index contributed by atoms with van der Waals surface area (Å²) in [5.41, 5.74) is 1.95. The second-order valence-corrected chi connectivity index (χ2v) is 3.93. The van der Waals surface area contributed by atoms with E-state index in [-0.39, 0.29) is 12.5 Å². The third-order valence-electron chi connectivity index (χ3n) is 2.44. The van der Waals surface area contributed by atoms with E-state index in [0.29, 0.717) is 13.0 Å². The van der Waals surface area contributed by atoms with Crippen molar-refractivity contribution in [2.75, 3.05) is 25.5 Å². The zero-order valence-corrected chi connectivity index (χ0v) is 10.2. The maximum atomic E-state index is 11.5. The van der Waals surface area contributed by atoms with E-state index >= 15 is 0 Å². The molecule has 0 spiro atoms. The SMILES string of the molecule is CNCCC(=O)Nc1cccc(CCCO)c1. The van der Waals surface area contributed by atoms with Crippen LogP contribution in [-0.2, 0) is 11.2 Å². The Morgan fingerprint density at radius 1 is 1.41 bits per heavy atom. The lowest BCUT2D eigenvalue weighted by Crippen LogP contribution is -2.18. The van der Waals surface area contributed by atoms with Crippen molar-refractivity contribution in [1.82, 2.24) is 5.32 Å². The maximum absolute atomic E-state index is 11.5. The van der Waals surface area contributed by atoms with Gasteiger partial charge in [0.1, 0.15) is 0 Å². The zero-order chi connectivity index (χ0) is 12.5. The molecule has 0 fully saturated rings. The molecule has 1 aromatic carbocycles. The summed E-state index contributed by atoms with van der Waals surface area (Å²) in [6, 6.07) is 7.74. The van der Waals surface area contributed by atoms with Crippen molar-refractivity contribution in [3.05, 3.63) is 29.8 Å². The molecular formula is C13H20N2O2.